The number of benzene rings is 4. The maximum absolute atomic E-state index is 13.6. The predicted octanol–water partition coefficient (Wildman–Crippen LogP) is 6.24. The van der Waals surface area contributed by atoms with Gasteiger partial charge < -0.3 is 29.7 Å². The van der Waals surface area contributed by atoms with Gasteiger partial charge in [0.2, 0.25) is 11.8 Å². The minimum Gasteiger partial charge on any atom is -0.457 e. The number of likely N-dealkylation sites (tertiary alicyclic amines) is 1. The van der Waals surface area contributed by atoms with E-state index in [2.05, 4.69) is 10.6 Å². The van der Waals surface area contributed by atoms with Gasteiger partial charge in [0.1, 0.15) is 23.4 Å². The highest BCUT2D eigenvalue weighted by Crippen LogP contribution is 2.35. The van der Waals surface area contributed by atoms with Crippen LogP contribution >= 0.6 is 11.3 Å². The van der Waals surface area contributed by atoms with Crippen LogP contribution < -0.4 is 15.4 Å². The molecule has 3 amide bonds. The van der Waals surface area contributed by atoms with Crippen molar-refractivity contribution in [3.63, 3.8) is 0 Å². The van der Waals surface area contributed by atoms with E-state index < -0.39 is 23.6 Å². The number of thiophene rings is 1. The number of carbonyl (C=O) groups is 3. The molecule has 1 aromatic heterocycles. The smallest absolute Gasteiger partial charge is 0.251 e. The van der Waals surface area contributed by atoms with Crippen molar-refractivity contribution in [3.8, 4) is 11.5 Å². The molecule has 1 atom stereocenters. The van der Waals surface area contributed by atoms with E-state index >= 15 is 0 Å². The molecular formula is C40H35FN4O6S. The lowest BCUT2D eigenvalue weighted by atomic mass is 10.0. The van der Waals surface area contributed by atoms with Gasteiger partial charge in [0, 0.05) is 33.4 Å². The van der Waals surface area contributed by atoms with Gasteiger partial charge in [0.15, 0.2) is 5.79 Å². The Hall–Kier alpha value is -5.69. The summed E-state index contributed by atoms with van der Waals surface area (Å²) in [7, 11) is 0. The third-order valence-corrected chi connectivity index (χ3v) is 9.63. The van der Waals surface area contributed by atoms with Gasteiger partial charge in [-0.3, -0.25) is 14.4 Å². The summed E-state index contributed by atoms with van der Waals surface area (Å²) in [4.78, 5) is 47.3. The molecule has 12 heteroatoms. The number of aliphatic imine (C=N–C) groups is 1. The highest BCUT2D eigenvalue weighted by Gasteiger charge is 2.52. The normalized spacial score (nSPS) is 16.0. The average molecular weight is 719 g/mol. The number of nitrogens with one attached hydrogen (secondary N) is 2. The molecule has 2 N–H and O–H groups in total. The number of halogens is 1. The van der Waals surface area contributed by atoms with Crippen LogP contribution in [0.1, 0.15) is 32.8 Å². The van der Waals surface area contributed by atoms with Crippen LogP contribution in [0.4, 0.5) is 10.1 Å². The number of carbonyl (C=O) groups excluding carboxylic acids is 3. The molecule has 52 heavy (non-hydrogen) atoms. The number of ether oxygens (including phenoxy) is 3. The fraction of sp³-hybridized carbons (Fsp3) is 0.200. The van der Waals surface area contributed by atoms with Crippen molar-refractivity contribution < 1.29 is 33.0 Å². The fourth-order valence-electron chi connectivity index (χ4n) is 6.14. The van der Waals surface area contributed by atoms with Gasteiger partial charge in [-0.1, -0.05) is 60.7 Å². The molecule has 1 spiro atoms. The van der Waals surface area contributed by atoms with Gasteiger partial charge in [-0.2, -0.15) is 0 Å². The molecule has 0 radical (unpaired) electrons. The molecule has 1 unspecified atom stereocenters. The van der Waals surface area contributed by atoms with Crippen LogP contribution in [-0.2, 0) is 25.6 Å². The summed E-state index contributed by atoms with van der Waals surface area (Å²) < 4.78 is 30.6. The van der Waals surface area contributed by atoms with Crippen molar-refractivity contribution in [2.24, 2.45) is 4.99 Å². The van der Waals surface area contributed by atoms with Crippen molar-refractivity contribution in [1.82, 2.24) is 15.5 Å². The van der Waals surface area contributed by atoms with Gasteiger partial charge in [-0.25, -0.2) is 9.38 Å². The summed E-state index contributed by atoms with van der Waals surface area (Å²) in [5, 5.41) is 7.58. The number of hydrogen-bond acceptors (Lipinski definition) is 8. The van der Waals surface area contributed by atoms with E-state index in [9.17, 15) is 18.8 Å². The van der Waals surface area contributed by atoms with Crippen LogP contribution in [0.15, 0.2) is 126 Å². The highest BCUT2D eigenvalue weighted by molar-refractivity contribution is 7.10. The third kappa shape index (κ3) is 8.26. The van der Waals surface area contributed by atoms with Crippen molar-refractivity contribution in [1.29, 1.82) is 0 Å². The van der Waals surface area contributed by atoms with Crippen LogP contribution in [-0.4, -0.2) is 66.5 Å². The molecule has 0 aliphatic carbocycles. The standard InChI is InChI=1S/C40H35FN4O6S/c41-30-13-17-33(18-14-30)51-32-15-11-29(12-16-32)38(47)43-24-36(46)45-26-40(49-19-20-50-40)22-35(45)39(48)42-23-34-21-31(25-52-34)44-37(27-7-3-1-4-8-27)28-9-5-2-6-10-28/h1-18,21,25,35H,19-20,22-24,26H2,(H,42,48)(H,43,47). The quantitative estimate of drug-likeness (QED) is 0.156. The predicted molar refractivity (Wildman–Crippen MR) is 194 cm³/mol. The maximum atomic E-state index is 13.6. The van der Waals surface area contributed by atoms with Gasteiger partial charge >= 0.3 is 0 Å². The summed E-state index contributed by atoms with van der Waals surface area (Å²) in [5.41, 5.74) is 3.92. The van der Waals surface area contributed by atoms with Gasteiger partial charge in [0.25, 0.3) is 5.91 Å². The molecular weight excluding hydrogens is 684 g/mol. The van der Waals surface area contributed by atoms with Crippen LogP contribution in [0.2, 0.25) is 0 Å². The molecule has 2 fully saturated rings. The van der Waals surface area contributed by atoms with E-state index in [1.807, 2.05) is 72.1 Å². The summed E-state index contributed by atoms with van der Waals surface area (Å²) in [6.07, 6.45) is 0.172. The Balaban J connectivity index is 0.975. The lowest BCUT2D eigenvalue weighted by Gasteiger charge is -2.24. The van der Waals surface area contributed by atoms with Crippen molar-refractivity contribution >= 4 is 40.5 Å². The number of hydrogen-bond donors (Lipinski definition) is 2. The third-order valence-electron chi connectivity index (χ3n) is 8.71. The number of amides is 3. The summed E-state index contributed by atoms with van der Waals surface area (Å²) in [6.45, 7) is 0.704. The molecule has 0 saturated carbocycles. The molecule has 5 aromatic rings. The van der Waals surface area contributed by atoms with Crippen molar-refractivity contribution in [2.75, 3.05) is 26.3 Å². The Bertz CT molecular complexity index is 2010. The minimum absolute atomic E-state index is 0.0643. The zero-order chi connectivity index (χ0) is 35.9. The Labute approximate surface area is 303 Å². The Morgan fingerprint density at radius 3 is 2.08 bits per heavy atom. The first kappa shape index (κ1) is 34.7. The lowest BCUT2D eigenvalue weighted by Crippen LogP contribution is -2.49. The molecule has 264 valence electrons. The topological polar surface area (TPSA) is 119 Å². The van der Waals surface area contributed by atoms with E-state index in [0.717, 1.165) is 27.4 Å². The SMILES string of the molecule is O=C(NCC(=O)N1CC2(CC1C(=O)NCc1cc(N=C(c3ccccc3)c3ccccc3)cs1)OCCO2)c1ccc(Oc2ccc(F)cc2)cc1. The number of nitrogens with zero attached hydrogens (tertiary/aromatic N) is 2. The first-order valence-corrected chi connectivity index (χ1v) is 17.7. The molecule has 3 heterocycles. The molecule has 0 bridgehead atoms. The first-order chi connectivity index (χ1) is 25.3. The number of rotatable bonds is 11. The Morgan fingerprint density at radius 1 is 0.827 bits per heavy atom. The zero-order valence-corrected chi connectivity index (χ0v) is 28.8. The molecule has 10 nitrogen and oxygen atoms in total. The molecule has 7 rings (SSSR count). The average Bonchev–Trinajstić information content (AvgIpc) is 3.94. The molecule has 2 aliphatic rings. The second-order valence-electron chi connectivity index (χ2n) is 12.3. The van der Waals surface area contributed by atoms with Gasteiger partial charge in [0.05, 0.1) is 44.2 Å². The van der Waals surface area contributed by atoms with E-state index in [4.69, 9.17) is 19.2 Å². The Morgan fingerprint density at radius 2 is 1.44 bits per heavy atom. The van der Waals surface area contributed by atoms with E-state index in [1.165, 1.54) is 40.5 Å². The minimum atomic E-state index is -1.07. The zero-order valence-electron chi connectivity index (χ0n) is 28.0. The van der Waals surface area contributed by atoms with Gasteiger partial charge in [-0.05, 0) is 54.6 Å². The summed E-state index contributed by atoms with van der Waals surface area (Å²) in [5.74, 6) is -1.79. The monoisotopic (exact) mass is 718 g/mol. The lowest BCUT2D eigenvalue weighted by molar-refractivity contribution is -0.152. The van der Waals surface area contributed by atoms with Crippen LogP contribution in [0, 0.1) is 5.82 Å². The molecule has 4 aromatic carbocycles. The second-order valence-corrected chi connectivity index (χ2v) is 13.3. The van der Waals surface area contributed by atoms with Crippen LogP contribution in [0.3, 0.4) is 0 Å². The van der Waals surface area contributed by atoms with E-state index in [-0.39, 0.29) is 37.8 Å². The maximum Gasteiger partial charge on any atom is 0.251 e. The molecule has 2 aliphatic heterocycles. The summed E-state index contributed by atoms with van der Waals surface area (Å²) >= 11 is 1.48. The fourth-order valence-corrected chi connectivity index (χ4v) is 6.88. The Kier molecular flexibility index (Phi) is 10.5. The largest absolute Gasteiger partial charge is 0.457 e. The molecule has 2 saturated heterocycles. The van der Waals surface area contributed by atoms with Crippen molar-refractivity contribution in [3.05, 3.63) is 148 Å². The highest BCUT2D eigenvalue weighted by atomic mass is 32.1. The van der Waals surface area contributed by atoms with Gasteiger partial charge in [-0.15, -0.1) is 11.3 Å². The van der Waals surface area contributed by atoms with Crippen molar-refractivity contribution in [2.45, 2.75) is 24.8 Å². The summed E-state index contributed by atoms with van der Waals surface area (Å²) in [6, 6.07) is 32.9. The van der Waals surface area contributed by atoms with Crippen LogP contribution in [0.25, 0.3) is 0 Å². The second kappa shape index (κ2) is 15.7. The van der Waals surface area contributed by atoms with Crippen LogP contribution in [0.5, 0.6) is 11.5 Å². The first-order valence-electron chi connectivity index (χ1n) is 16.8. The van der Waals surface area contributed by atoms with E-state index in [0.29, 0.717) is 30.3 Å². The van der Waals surface area contributed by atoms with E-state index in [1.54, 1.807) is 24.3 Å².